The Kier molecular flexibility index (Phi) is 3.19. The third kappa shape index (κ3) is 2.36. The molecule has 0 bridgehead atoms. The highest BCUT2D eigenvalue weighted by molar-refractivity contribution is 5.82. The van der Waals surface area contributed by atoms with Gasteiger partial charge in [-0.3, -0.25) is 0 Å². The second-order valence-corrected chi connectivity index (χ2v) is 8.63. The van der Waals surface area contributed by atoms with Crippen LogP contribution in [0.1, 0.15) is 57.2 Å². The Morgan fingerprint density at radius 1 is 0.875 bits per heavy atom. The Morgan fingerprint density at radius 3 is 2.08 bits per heavy atom. The van der Waals surface area contributed by atoms with E-state index in [1.54, 1.807) is 0 Å². The van der Waals surface area contributed by atoms with Gasteiger partial charge in [-0.25, -0.2) is 4.98 Å². The Morgan fingerprint density at radius 2 is 1.46 bits per heavy atom. The summed E-state index contributed by atoms with van der Waals surface area (Å²) in [6, 6.07) is 13.2. The van der Waals surface area contributed by atoms with Gasteiger partial charge in [0.15, 0.2) is 0 Å². The number of aromatic nitrogens is 2. The van der Waals surface area contributed by atoms with Crippen LogP contribution in [0.4, 0.5) is 0 Å². The van der Waals surface area contributed by atoms with Gasteiger partial charge in [-0.1, -0.05) is 57.5 Å². The third-order valence-corrected chi connectivity index (χ3v) is 5.78. The maximum atomic E-state index is 4.88. The first kappa shape index (κ1) is 15.4. The molecule has 2 nitrogen and oxygen atoms in total. The SMILES string of the molecule is Cc1ccc(-c2nc3cc4c(cc3[nH]2)C(C)(C)CCC4(C)C)cc1. The fourth-order valence-corrected chi connectivity index (χ4v) is 3.92. The summed E-state index contributed by atoms with van der Waals surface area (Å²) < 4.78 is 0. The minimum atomic E-state index is 0.224. The number of aryl methyl sites for hydroxylation is 1. The molecule has 3 aromatic rings. The monoisotopic (exact) mass is 318 g/mol. The smallest absolute Gasteiger partial charge is 0.138 e. The zero-order chi connectivity index (χ0) is 17.1. The van der Waals surface area contributed by atoms with Gasteiger partial charge in [-0.2, -0.15) is 0 Å². The highest BCUT2D eigenvalue weighted by Crippen LogP contribution is 2.46. The van der Waals surface area contributed by atoms with E-state index in [0.29, 0.717) is 0 Å². The lowest BCUT2D eigenvalue weighted by Gasteiger charge is -2.41. The number of imidazole rings is 1. The van der Waals surface area contributed by atoms with E-state index in [1.165, 1.54) is 29.5 Å². The van der Waals surface area contributed by atoms with Crippen LogP contribution in [-0.2, 0) is 10.8 Å². The van der Waals surface area contributed by atoms with Crippen LogP contribution >= 0.6 is 0 Å². The van der Waals surface area contributed by atoms with E-state index in [0.717, 1.165) is 22.4 Å². The van der Waals surface area contributed by atoms with Crippen LogP contribution < -0.4 is 0 Å². The van der Waals surface area contributed by atoms with Gasteiger partial charge in [-0.15, -0.1) is 0 Å². The van der Waals surface area contributed by atoms with Crippen molar-refractivity contribution in [2.75, 3.05) is 0 Å². The number of aromatic amines is 1. The van der Waals surface area contributed by atoms with Crippen molar-refractivity contribution in [1.29, 1.82) is 0 Å². The second-order valence-electron chi connectivity index (χ2n) is 8.63. The number of H-pyrrole nitrogens is 1. The van der Waals surface area contributed by atoms with Gasteiger partial charge < -0.3 is 4.98 Å². The number of hydrogen-bond acceptors (Lipinski definition) is 1. The first-order valence-electron chi connectivity index (χ1n) is 8.88. The standard InChI is InChI=1S/C22H26N2/c1-14-6-8-15(9-7-14)20-23-18-12-16-17(13-19(18)24-20)22(4,5)11-10-21(16,2)3/h6-9,12-13H,10-11H2,1-5H3,(H,23,24). The molecule has 0 fully saturated rings. The topological polar surface area (TPSA) is 28.7 Å². The molecule has 0 radical (unpaired) electrons. The molecule has 0 saturated carbocycles. The lowest BCUT2D eigenvalue weighted by atomic mass is 9.63. The van der Waals surface area contributed by atoms with E-state index in [-0.39, 0.29) is 10.8 Å². The molecule has 0 saturated heterocycles. The molecule has 0 aliphatic heterocycles. The minimum Gasteiger partial charge on any atom is -0.338 e. The van der Waals surface area contributed by atoms with Crippen molar-refractivity contribution in [2.24, 2.45) is 0 Å². The normalized spacial score (nSPS) is 18.5. The summed E-state index contributed by atoms with van der Waals surface area (Å²) in [5.74, 6) is 0.961. The van der Waals surface area contributed by atoms with Crippen molar-refractivity contribution in [3.8, 4) is 11.4 Å². The summed E-state index contributed by atoms with van der Waals surface area (Å²) in [5, 5.41) is 0. The molecule has 124 valence electrons. The van der Waals surface area contributed by atoms with Crippen LogP contribution in [0.5, 0.6) is 0 Å². The van der Waals surface area contributed by atoms with Gasteiger partial charge >= 0.3 is 0 Å². The molecule has 2 aromatic carbocycles. The molecule has 1 aliphatic rings. The summed E-state index contributed by atoms with van der Waals surface area (Å²) in [4.78, 5) is 8.41. The molecule has 1 heterocycles. The van der Waals surface area contributed by atoms with E-state index in [2.05, 4.69) is 76.0 Å². The fraction of sp³-hybridized carbons (Fsp3) is 0.409. The average molecular weight is 318 g/mol. The predicted molar refractivity (Wildman–Crippen MR) is 102 cm³/mol. The van der Waals surface area contributed by atoms with Gasteiger partial charge in [0.25, 0.3) is 0 Å². The first-order valence-corrected chi connectivity index (χ1v) is 8.88. The Balaban J connectivity index is 1.91. The third-order valence-electron chi connectivity index (χ3n) is 5.78. The van der Waals surface area contributed by atoms with Crippen LogP contribution in [0.15, 0.2) is 36.4 Å². The second kappa shape index (κ2) is 4.95. The molecule has 2 heteroatoms. The molecule has 0 amide bonds. The zero-order valence-corrected chi connectivity index (χ0v) is 15.3. The lowest BCUT2D eigenvalue weighted by Crippen LogP contribution is -2.33. The number of nitrogens with zero attached hydrogens (tertiary/aromatic N) is 1. The molecule has 1 N–H and O–H groups in total. The van der Waals surface area contributed by atoms with Crippen LogP contribution in [0.2, 0.25) is 0 Å². The van der Waals surface area contributed by atoms with Crippen molar-refractivity contribution in [1.82, 2.24) is 9.97 Å². The van der Waals surface area contributed by atoms with Crippen molar-refractivity contribution < 1.29 is 0 Å². The number of nitrogens with one attached hydrogen (secondary N) is 1. The Bertz CT molecular complexity index is 858. The zero-order valence-electron chi connectivity index (χ0n) is 15.3. The van der Waals surface area contributed by atoms with E-state index in [4.69, 9.17) is 4.98 Å². The molecule has 0 unspecified atom stereocenters. The molecular formula is C22H26N2. The first-order chi connectivity index (χ1) is 11.3. The van der Waals surface area contributed by atoms with E-state index in [9.17, 15) is 0 Å². The predicted octanol–water partition coefficient (Wildman–Crippen LogP) is 5.89. The van der Waals surface area contributed by atoms with Gasteiger partial charge in [0.1, 0.15) is 5.82 Å². The van der Waals surface area contributed by atoms with Crippen LogP contribution in [-0.4, -0.2) is 9.97 Å². The Hall–Kier alpha value is -2.09. The number of fused-ring (bicyclic) bond motifs is 2. The number of rotatable bonds is 1. The number of benzene rings is 2. The Labute approximate surface area is 144 Å². The van der Waals surface area contributed by atoms with Gasteiger partial charge in [-0.05, 0) is 53.9 Å². The maximum Gasteiger partial charge on any atom is 0.138 e. The summed E-state index contributed by atoms with van der Waals surface area (Å²) in [6.45, 7) is 11.6. The number of hydrogen-bond donors (Lipinski definition) is 1. The molecule has 0 spiro atoms. The fourth-order valence-electron chi connectivity index (χ4n) is 3.92. The van der Waals surface area contributed by atoms with E-state index in [1.807, 2.05) is 0 Å². The molecule has 0 atom stereocenters. The van der Waals surface area contributed by atoms with Crippen molar-refractivity contribution in [3.05, 3.63) is 53.1 Å². The van der Waals surface area contributed by atoms with Crippen LogP contribution in [0, 0.1) is 6.92 Å². The lowest BCUT2D eigenvalue weighted by molar-refractivity contribution is 0.332. The average Bonchev–Trinajstić information content (AvgIpc) is 2.95. The quantitative estimate of drug-likeness (QED) is 0.595. The summed E-state index contributed by atoms with van der Waals surface area (Å²) in [6.07, 6.45) is 2.46. The maximum absolute atomic E-state index is 4.88. The van der Waals surface area contributed by atoms with Crippen LogP contribution in [0.3, 0.4) is 0 Å². The molecule has 1 aliphatic carbocycles. The van der Waals surface area contributed by atoms with Gasteiger partial charge in [0, 0.05) is 5.56 Å². The summed E-state index contributed by atoms with van der Waals surface area (Å²) >= 11 is 0. The van der Waals surface area contributed by atoms with E-state index < -0.39 is 0 Å². The molecule has 1 aromatic heterocycles. The summed E-state index contributed by atoms with van der Waals surface area (Å²) in [7, 11) is 0. The largest absolute Gasteiger partial charge is 0.338 e. The summed E-state index contributed by atoms with van der Waals surface area (Å²) in [5.41, 5.74) is 8.04. The van der Waals surface area contributed by atoms with Gasteiger partial charge in [0.05, 0.1) is 11.0 Å². The van der Waals surface area contributed by atoms with E-state index >= 15 is 0 Å². The highest BCUT2D eigenvalue weighted by atomic mass is 14.9. The van der Waals surface area contributed by atoms with Gasteiger partial charge in [0.2, 0.25) is 0 Å². The molecule has 24 heavy (non-hydrogen) atoms. The molecular weight excluding hydrogens is 292 g/mol. The van der Waals surface area contributed by atoms with Crippen molar-refractivity contribution in [2.45, 2.75) is 58.3 Å². The molecule has 4 rings (SSSR count). The van der Waals surface area contributed by atoms with Crippen molar-refractivity contribution in [3.63, 3.8) is 0 Å². The van der Waals surface area contributed by atoms with Crippen molar-refractivity contribution >= 4 is 11.0 Å². The highest BCUT2D eigenvalue weighted by Gasteiger charge is 2.37. The van der Waals surface area contributed by atoms with Crippen LogP contribution in [0.25, 0.3) is 22.4 Å². The minimum absolute atomic E-state index is 0.224.